The Balaban J connectivity index is 2.48. The minimum Gasteiger partial charge on any atom is -0.402 e. The van der Waals surface area contributed by atoms with Gasteiger partial charge in [0.1, 0.15) is 0 Å². The first kappa shape index (κ1) is 7.69. The van der Waals surface area contributed by atoms with Crippen LogP contribution in [0.5, 0.6) is 0 Å². The summed E-state index contributed by atoms with van der Waals surface area (Å²) in [6, 6.07) is 8.14. The average molecular weight is 180 g/mol. The van der Waals surface area contributed by atoms with Crippen LogP contribution in [0.2, 0.25) is 0 Å². The summed E-state index contributed by atoms with van der Waals surface area (Å²) in [5, 5.41) is -0.0463. The fourth-order valence-electron chi connectivity index (χ4n) is 1.52. The van der Waals surface area contributed by atoms with Gasteiger partial charge in [0.05, 0.1) is 5.38 Å². The SMILES string of the molecule is NC1=CC(Cl)c2ccccc2C1. The van der Waals surface area contributed by atoms with E-state index in [1.807, 2.05) is 18.2 Å². The zero-order chi connectivity index (χ0) is 8.55. The molecule has 0 aliphatic heterocycles. The van der Waals surface area contributed by atoms with Crippen LogP contribution < -0.4 is 5.73 Å². The van der Waals surface area contributed by atoms with E-state index in [2.05, 4.69) is 12.1 Å². The second kappa shape index (κ2) is 2.83. The van der Waals surface area contributed by atoms with Gasteiger partial charge in [-0.2, -0.15) is 0 Å². The lowest BCUT2D eigenvalue weighted by molar-refractivity contribution is 0.980. The van der Waals surface area contributed by atoms with Crippen LogP contribution in [-0.2, 0) is 6.42 Å². The molecule has 12 heavy (non-hydrogen) atoms. The van der Waals surface area contributed by atoms with Crippen LogP contribution in [-0.4, -0.2) is 0 Å². The Kier molecular flexibility index (Phi) is 1.81. The van der Waals surface area contributed by atoms with E-state index >= 15 is 0 Å². The molecule has 0 fully saturated rings. The van der Waals surface area contributed by atoms with Crippen LogP contribution in [0.3, 0.4) is 0 Å². The molecule has 0 aromatic heterocycles. The van der Waals surface area contributed by atoms with E-state index < -0.39 is 0 Å². The van der Waals surface area contributed by atoms with Gasteiger partial charge in [-0.3, -0.25) is 0 Å². The van der Waals surface area contributed by atoms with E-state index in [1.54, 1.807) is 0 Å². The lowest BCUT2D eigenvalue weighted by atomic mass is 9.95. The normalized spacial score (nSPS) is 21.4. The molecule has 1 nitrogen and oxygen atoms in total. The van der Waals surface area contributed by atoms with Crippen LogP contribution >= 0.6 is 11.6 Å². The number of alkyl halides is 1. The van der Waals surface area contributed by atoms with Crippen molar-refractivity contribution in [3.8, 4) is 0 Å². The van der Waals surface area contributed by atoms with Gasteiger partial charge in [-0.1, -0.05) is 24.3 Å². The van der Waals surface area contributed by atoms with Gasteiger partial charge in [-0.15, -0.1) is 11.6 Å². The fraction of sp³-hybridized carbons (Fsp3) is 0.200. The van der Waals surface area contributed by atoms with Gasteiger partial charge in [0, 0.05) is 12.1 Å². The number of hydrogen-bond acceptors (Lipinski definition) is 1. The third-order valence-corrected chi connectivity index (χ3v) is 2.47. The lowest BCUT2D eigenvalue weighted by Crippen LogP contribution is -2.10. The summed E-state index contributed by atoms with van der Waals surface area (Å²) in [5.41, 5.74) is 9.02. The second-order valence-corrected chi connectivity index (χ2v) is 3.49. The molecule has 0 amide bonds. The summed E-state index contributed by atoms with van der Waals surface area (Å²) >= 11 is 6.09. The first-order valence-electron chi connectivity index (χ1n) is 3.95. The Hall–Kier alpha value is -0.950. The predicted molar refractivity (Wildman–Crippen MR) is 51.0 cm³/mol. The monoisotopic (exact) mass is 179 g/mol. The topological polar surface area (TPSA) is 26.0 Å². The molecule has 1 aliphatic carbocycles. The molecule has 0 heterocycles. The minimum atomic E-state index is -0.0463. The Morgan fingerprint density at radius 3 is 2.92 bits per heavy atom. The standard InChI is InChI=1S/C10H10ClN/c11-10-6-8(12)5-7-3-1-2-4-9(7)10/h1-4,6,10H,5,12H2. The summed E-state index contributed by atoms with van der Waals surface area (Å²) in [4.78, 5) is 0. The minimum absolute atomic E-state index is 0.0463. The van der Waals surface area contributed by atoms with Crippen molar-refractivity contribution < 1.29 is 0 Å². The summed E-state index contributed by atoms with van der Waals surface area (Å²) in [6.07, 6.45) is 2.74. The average Bonchev–Trinajstić information content (AvgIpc) is 2.04. The molecule has 0 saturated heterocycles. The Bertz CT molecular complexity index is 330. The third kappa shape index (κ3) is 1.21. The van der Waals surface area contributed by atoms with Crippen LogP contribution in [0.1, 0.15) is 16.5 Å². The molecule has 62 valence electrons. The molecule has 2 rings (SSSR count). The van der Waals surface area contributed by atoms with Crippen molar-refractivity contribution >= 4 is 11.6 Å². The number of halogens is 1. The molecule has 0 spiro atoms. The van der Waals surface area contributed by atoms with Crippen molar-refractivity contribution in [3.05, 3.63) is 47.2 Å². The number of rotatable bonds is 0. The third-order valence-electron chi connectivity index (χ3n) is 2.11. The van der Waals surface area contributed by atoms with Gasteiger partial charge in [0.2, 0.25) is 0 Å². The maximum atomic E-state index is 6.09. The maximum Gasteiger partial charge on any atom is 0.0788 e. The van der Waals surface area contributed by atoms with E-state index in [9.17, 15) is 0 Å². The second-order valence-electron chi connectivity index (χ2n) is 3.02. The number of allylic oxidation sites excluding steroid dienone is 2. The predicted octanol–water partition coefficient (Wildman–Crippen LogP) is 2.37. The quantitative estimate of drug-likeness (QED) is 0.608. The van der Waals surface area contributed by atoms with Crippen molar-refractivity contribution in [2.45, 2.75) is 11.8 Å². The highest BCUT2D eigenvalue weighted by atomic mass is 35.5. The first-order chi connectivity index (χ1) is 5.77. The van der Waals surface area contributed by atoms with Crippen molar-refractivity contribution in [2.24, 2.45) is 5.73 Å². The molecule has 1 unspecified atom stereocenters. The van der Waals surface area contributed by atoms with Crippen molar-refractivity contribution in [1.29, 1.82) is 0 Å². The molecule has 0 bridgehead atoms. The van der Waals surface area contributed by atoms with E-state index in [4.69, 9.17) is 17.3 Å². The molecular formula is C10H10ClN. The van der Waals surface area contributed by atoms with Gasteiger partial charge < -0.3 is 5.73 Å². The largest absolute Gasteiger partial charge is 0.402 e. The van der Waals surface area contributed by atoms with E-state index in [0.29, 0.717) is 0 Å². The molecule has 2 N–H and O–H groups in total. The summed E-state index contributed by atoms with van der Waals surface area (Å²) in [7, 11) is 0. The first-order valence-corrected chi connectivity index (χ1v) is 4.39. The van der Waals surface area contributed by atoms with Crippen LogP contribution in [0, 0.1) is 0 Å². The molecule has 1 aromatic carbocycles. The number of fused-ring (bicyclic) bond motifs is 1. The van der Waals surface area contributed by atoms with E-state index in [-0.39, 0.29) is 5.38 Å². The van der Waals surface area contributed by atoms with Gasteiger partial charge in [0.25, 0.3) is 0 Å². The van der Waals surface area contributed by atoms with Gasteiger partial charge in [-0.05, 0) is 17.2 Å². The summed E-state index contributed by atoms with van der Waals surface area (Å²) in [6.45, 7) is 0. The highest BCUT2D eigenvalue weighted by molar-refractivity contribution is 6.22. The number of benzene rings is 1. The molecule has 2 heteroatoms. The molecular weight excluding hydrogens is 170 g/mol. The zero-order valence-electron chi connectivity index (χ0n) is 6.63. The van der Waals surface area contributed by atoms with E-state index in [1.165, 1.54) is 11.1 Å². The zero-order valence-corrected chi connectivity index (χ0v) is 7.38. The molecule has 1 atom stereocenters. The summed E-state index contributed by atoms with van der Waals surface area (Å²) < 4.78 is 0. The smallest absolute Gasteiger partial charge is 0.0788 e. The molecule has 1 aliphatic rings. The number of nitrogens with two attached hydrogens (primary N) is 1. The molecule has 0 radical (unpaired) electrons. The molecule has 0 saturated carbocycles. The lowest BCUT2D eigenvalue weighted by Gasteiger charge is -2.17. The Labute approximate surface area is 76.8 Å². The Morgan fingerprint density at radius 2 is 2.08 bits per heavy atom. The number of hydrogen-bond donors (Lipinski definition) is 1. The highest BCUT2D eigenvalue weighted by Gasteiger charge is 2.15. The van der Waals surface area contributed by atoms with Crippen molar-refractivity contribution in [2.75, 3.05) is 0 Å². The van der Waals surface area contributed by atoms with Crippen LogP contribution in [0.25, 0.3) is 0 Å². The van der Waals surface area contributed by atoms with Crippen LogP contribution in [0.15, 0.2) is 36.0 Å². The van der Waals surface area contributed by atoms with Gasteiger partial charge in [0.15, 0.2) is 0 Å². The van der Waals surface area contributed by atoms with Crippen LogP contribution in [0.4, 0.5) is 0 Å². The maximum absolute atomic E-state index is 6.09. The van der Waals surface area contributed by atoms with Crippen molar-refractivity contribution in [1.82, 2.24) is 0 Å². The Morgan fingerprint density at radius 1 is 1.33 bits per heavy atom. The summed E-state index contributed by atoms with van der Waals surface area (Å²) in [5.74, 6) is 0. The van der Waals surface area contributed by atoms with E-state index in [0.717, 1.165) is 12.1 Å². The van der Waals surface area contributed by atoms with Gasteiger partial charge in [-0.25, -0.2) is 0 Å². The highest BCUT2D eigenvalue weighted by Crippen LogP contribution is 2.30. The van der Waals surface area contributed by atoms with Crippen molar-refractivity contribution in [3.63, 3.8) is 0 Å². The fourth-order valence-corrected chi connectivity index (χ4v) is 1.90. The molecule has 1 aromatic rings. The van der Waals surface area contributed by atoms with Gasteiger partial charge >= 0.3 is 0 Å².